The Morgan fingerprint density at radius 1 is 1.25 bits per heavy atom. The molecule has 0 atom stereocenters. The summed E-state index contributed by atoms with van der Waals surface area (Å²) >= 11 is 5.92. The lowest BCUT2D eigenvalue weighted by Crippen LogP contribution is -2.42. The fourth-order valence-corrected chi connectivity index (χ4v) is 3.24. The number of halogens is 1. The van der Waals surface area contributed by atoms with Crippen molar-refractivity contribution in [3.05, 3.63) is 34.9 Å². The molecule has 0 N–H and O–H groups in total. The van der Waals surface area contributed by atoms with Crippen LogP contribution >= 0.6 is 11.6 Å². The van der Waals surface area contributed by atoms with Crippen LogP contribution in [0.3, 0.4) is 0 Å². The van der Waals surface area contributed by atoms with Gasteiger partial charge in [0.25, 0.3) is 5.91 Å². The first-order valence-corrected chi connectivity index (χ1v) is 8.11. The molecule has 2 nitrogen and oxygen atoms in total. The summed E-state index contributed by atoms with van der Waals surface area (Å²) < 4.78 is 0. The second-order valence-corrected chi connectivity index (χ2v) is 6.18. The molecule has 0 saturated heterocycles. The van der Waals surface area contributed by atoms with E-state index in [1.54, 1.807) is 0 Å². The Balaban J connectivity index is 2.23. The number of hydrogen-bond donors (Lipinski definition) is 0. The standard InChI is InChI=1S/C17H24ClNO/c1-13-8-9-14(2)16(12-13)17(20)19(11-10-18)15-6-4-3-5-7-15/h8-9,12,15H,3-7,10-11H2,1-2H3. The van der Waals surface area contributed by atoms with E-state index in [-0.39, 0.29) is 5.91 Å². The summed E-state index contributed by atoms with van der Waals surface area (Å²) in [6.07, 6.45) is 5.98. The summed E-state index contributed by atoms with van der Waals surface area (Å²) in [4.78, 5) is 14.9. The van der Waals surface area contributed by atoms with Crippen molar-refractivity contribution in [2.45, 2.75) is 52.0 Å². The molecule has 1 aliphatic carbocycles. The Labute approximate surface area is 127 Å². The van der Waals surface area contributed by atoms with Gasteiger partial charge < -0.3 is 4.90 Å². The van der Waals surface area contributed by atoms with Crippen molar-refractivity contribution < 1.29 is 4.79 Å². The Morgan fingerprint density at radius 3 is 2.60 bits per heavy atom. The average Bonchev–Trinajstić information content (AvgIpc) is 2.47. The first kappa shape index (κ1) is 15.4. The van der Waals surface area contributed by atoms with Crippen LogP contribution in [-0.4, -0.2) is 29.3 Å². The van der Waals surface area contributed by atoms with E-state index in [2.05, 4.69) is 6.07 Å². The monoisotopic (exact) mass is 293 g/mol. The van der Waals surface area contributed by atoms with Crippen molar-refractivity contribution in [3.63, 3.8) is 0 Å². The molecule has 2 rings (SSSR count). The predicted molar refractivity (Wildman–Crippen MR) is 84.5 cm³/mol. The fourth-order valence-electron chi connectivity index (χ4n) is 3.05. The summed E-state index contributed by atoms with van der Waals surface area (Å²) in [6.45, 7) is 4.69. The second kappa shape index (κ2) is 7.12. The molecule has 0 radical (unpaired) electrons. The molecule has 1 aliphatic rings. The summed E-state index contributed by atoms with van der Waals surface area (Å²) in [6, 6.07) is 6.46. The highest BCUT2D eigenvalue weighted by Crippen LogP contribution is 2.25. The third-order valence-electron chi connectivity index (χ3n) is 4.23. The van der Waals surface area contributed by atoms with Gasteiger partial charge in [0.05, 0.1) is 0 Å². The van der Waals surface area contributed by atoms with Crippen molar-refractivity contribution >= 4 is 17.5 Å². The van der Waals surface area contributed by atoms with E-state index in [9.17, 15) is 4.79 Å². The molecule has 0 aromatic heterocycles. The molecule has 20 heavy (non-hydrogen) atoms. The average molecular weight is 294 g/mol. The summed E-state index contributed by atoms with van der Waals surface area (Å²) in [5.41, 5.74) is 3.02. The zero-order valence-electron chi connectivity index (χ0n) is 12.5. The molecule has 3 heteroatoms. The quantitative estimate of drug-likeness (QED) is 0.757. The fraction of sp³-hybridized carbons (Fsp3) is 0.588. The minimum absolute atomic E-state index is 0.152. The SMILES string of the molecule is Cc1ccc(C)c(C(=O)N(CCCl)C2CCCCC2)c1. The zero-order chi connectivity index (χ0) is 14.5. The first-order chi connectivity index (χ1) is 9.63. The maximum absolute atomic E-state index is 12.9. The number of alkyl halides is 1. The van der Waals surface area contributed by atoms with Crippen molar-refractivity contribution in [1.29, 1.82) is 0 Å². The van der Waals surface area contributed by atoms with Crippen LogP contribution in [0.5, 0.6) is 0 Å². The number of amides is 1. The minimum Gasteiger partial charge on any atom is -0.334 e. The maximum atomic E-state index is 12.9. The van der Waals surface area contributed by atoms with Gasteiger partial charge in [-0.15, -0.1) is 11.6 Å². The van der Waals surface area contributed by atoms with Gasteiger partial charge in [-0.3, -0.25) is 4.79 Å². The maximum Gasteiger partial charge on any atom is 0.254 e. The van der Waals surface area contributed by atoms with Crippen LogP contribution < -0.4 is 0 Å². The van der Waals surface area contributed by atoms with E-state index in [4.69, 9.17) is 11.6 Å². The van der Waals surface area contributed by atoms with Crippen LogP contribution in [0.2, 0.25) is 0 Å². The van der Waals surface area contributed by atoms with Gasteiger partial charge in [0, 0.05) is 24.0 Å². The lowest BCUT2D eigenvalue weighted by atomic mass is 9.93. The molecule has 1 aromatic carbocycles. The molecule has 0 unspecified atom stereocenters. The number of carbonyl (C=O) groups is 1. The molecule has 1 saturated carbocycles. The number of hydrogen-bond acceptors (Lipinski definition) is 1. The predicted octanol–water partition coefficient (Wildman–Crippen LogP) is 4.32. The molecular formula is C17H24ClNO. The van der Waals surface area contributed by atoms with Crippen LogP contribution in [0.25, 0.3) is 0 Å². The van der Waals surface area contributed by atoms with Gasteiger partial charge in [-0.05, 0) is 38.3 Å². The summed E-state index contributed by atoms with van der Waals surface area (Å²) in [5.74, 6) is 0.659. The lowest BCUT2D eigenvalue weighted by molar-refractivity contribution is 0.0649. The van der Waals surface area contributed by atoms with Crippen LogP contribution in [0, 0.1) is 13.8 Å². The number of aryl methyl sites for hydroxylation is 2. The smallest absolute Gasteiger partial charge is 0.254 e. The van der Waals surface area contributed by atoms with Crippen LogP contribution in [0.4, 0.5) is 0 Å². The van der Waals surface area contributed by atoms with E-state index < -0.39 is 0 Å². The van der Waals surface area contributed by atoms with Crippen LogP contribution in [0.1, 0.15) is 53.6 Å². The Morgan fingerprint density at radius 2 is 1.95 bits per heavy atom. The summed E-state index contributed by atoms with van der Waals surface area (Å²) in [5, 5.41) is 0. The molecule has 1 aromatic rings. The molecule has 1 fully saturated rings. The third kappa shape index (κ3) is 3.54. The molecule has 0 heterocycles. The third-order valence-corrected chi connectivity index (χ3v) is 4.39. The largest absolute Gasteiger partial charge is 0.334 e. The highest BCUT2D eigenvalue weighted by molar-refractivity contribution is 6.18. The van der Waals surface area contributed by atoms with E-state index in [0.717, 1.165) is 29.5 Å². The van der Waals surface area contributed by atoms with E-state index >= 15 is 0 Å². The molecule has 0 bridgehead atoms. The van der Waals surface area contributed by atoms with Gasteiger partial charge in [-0.25, -0.2) is 0 Å². The van der Waals surface area contributed by atoms with E-state index in [1.807, 2.05) is 30.9 Å². The Kier molecular flexibility index (Phi) is 5.47. The number of rotatable bonds is 4. The number of benzene rings is 1. The normalized spacial score (nSPS) is 16.1. The second-order valence-electron chi connectivity index (χ2n) is 5.80. The van der Waals surface area contributed by atoms with E-state index in [0.29, 0.717) is 18.5 Å². The highest BCUT2D eigenvalue weighted by Gasteiger charge is 2.26. The highest BCUT2D eigenvalue weighted by atomic mass is 35.5. The molecule has 0 spiro atoms. The topological polar surface area (TPSA) is 20.3 Å². The minimum atomic E-state index is 0.152. The van der Waals surface area contributed by atoms with Gasteiger partial charge in [0.15, 0.2) is 0 Å². The van der Waals surface area contributed by atoms with Gasteiger partial charge >= 0.3 is 0 Å². The van der Waals surface area contributed by atoms with Gasteiger partial charge in [-0.2, -0.15) is 0 Å². The molecule has 0 aliphatic heterocycles. The van der Waals surface area contributed by atoms with Crippen LogP contribution in [-0.2, 0) is 0 Å². The number of carbonyl (C=O) groups excluding carboxylic acids is 1. The van der Waals surface area contributed by atoms with Crippen molar-refractivity contribution in [3.8, 4) is 0 Å². The lowest BCUT2D eigenvalue weighted by Gasteiger charge is -2.34. The summed E-state index contributed by atoms with van der Waals surface area (Å²) in [7, 11) is 0. The van der Waals surface area contributed by atoms with Crippen molar-refractivity contribution in [2.75, 3.05) is 12.4 Å². The Hall–Kier alpha value is -1.02. The van der Waals surface area contributed by atoms with Crippen molar-refractivity contribution in [2.24, 2.45) is 0 Å². The van der Waals surface area contributed by atoms with Crippen molar-refractivity contribution in [1.82, 2.24) is 4.90 Å². The number of nitrogens with zero attached hydrogens (tertiary/aromatic N) is 1. The van der Waals surface area contributed by atoms with Crippen LogP contribution in [0.15, 0.2) is 18.2 Å². The van der Waals surface area contributed by atoms with Gasteiger partial charge in [0.1, 0.15) is 0 Å². The zero-order valence-corrected chi connectivity index (χ0v) is 13.2. The molecular weight excluding hydrogens is 270 g/mol. The first-order valence-electron chi connectivity index (χ1n) is 7.57. The molecule has 110 valence electrons. The Bertz CT molecular complexity index is 466. The van der Waals surface area contributed by atoms with E-state index in [1.165, 1.54) is 19.3 Å². The molecule has 1 amide bonds. The van der Waals surface area contributed by atoms with Gasteiger partial charge in [-0.1, -0.05) is 37.0 Å². The van der Waals surface area contributed by atoms with Gasteiger partial charge in [0.2, 0.25) is 0 Å².